The van der Waals surface area contributed by atoms with E-state index in [2.05, 4.69) is 30.4 Å². The topological polar surface area (TPSA) is 149 Å². The summed E-state index contributed by atoms with van der Waals surface area (Å²) < 4.78 is 40.6. The average molecular weight is 810 g/mol. The Hall–Kier alpha value is -4.58. The predicted octanol–water partition coefficient (Wildman–Crippen LogP) is 7.17. The van der Waals surface area contributed by atoms with Gasteiger partial charge in [-0.3, -0.25) is 23.9 Å². The van der Waals surface area contributed by atoms with Gasteiger partial charge in [-0.1, -0.05) is 62.1 Å². The smallest absolute Gasteiger partial charge is 0.306 e. The van der Waals surface area contributed by atoms with Crippen molar-refractivity contribution < 1.29 is 37.1 Å². The number of pyridine rings is 1. The maximum absolute atomic E-state index is 14.9. The fraction of sp³-hybridized carbons (Fsp3) is 0.543. The number of esters is 1. The molecule has 3 heterocycles. The van der Waals surface area contributed by atoms with Crippen molar-refractivity contribution in [2.24, 2.45) is 23.2 Å². The van der Waals surface area contributed by atoms with Gasteiger partial charge in [0.15, 0.2) is 5.78 Å². The summed E-state index contributed by atoms with van der Waals surface area (Å²) in [5.74, 6) is -2.17. The van der Waals surface area contributed by atoms with Crippen LogP contribution in [-0.4, -0.2) is 72.4 Å². The summed E-state index contributed by atoms with van der Waals surface area (Å²) in [4.78, 5) is 63.4. The molecular formula is C46H55N3O8S. The van der Waals surface area contributed by atoms with E-state index in [0.29, 0.717) is 31.6 Å². The number of hydrogen-bond donors (Lipinski definition) is 1. The van der Waals surface area contributed by atoms with E-state index in [0.717, 1.165) is 85.5 Å². The van der Waals surface area contributed by atoms with Crippen LogP contribution in [0.25, 0.3) is 22.2 Å². The molecule has 4 fully saturated rings. The van der Waals surface area contributed by atoms with Gasteiger partial charge in [0.2, 0.25) is 21.8 Å². The van der Waals surface area contributed by atoms with Gasteiger partial charge in [-0.05, 0) is 93.4 Å². The highest BCUT2D eigenvalue weighted by atomic mass is 32.2. The molecule has 58 heavy (non-hydrogen) atoms. The first kappa shape index (κ1) is 40.2. The van der Waals surface area contributed by atoms with Gasteiger partial charge in [-0.25, -0.2) is 13.4 Å². The third-order valence-electron chi connectivity index (χ3n) is 13.3. The zero-order chi connectivity index (χ0) is 40.6. The Labute approximate surface area is 341 Å². The largest absolute Gasteiger partial charge is 0.488 e. The van der Waals surface area contributed by atoms with Crippen LogP contribution in [0.4, 0.5) is 0 Å². The van der Waals surface area contributed by atoms with Crippen molar-refractivity contribution in [3.8, 4) is 17.0 Å². The minimum atomic E-state index is -3.85. The van der Waals surface area contributed by atoms with Crippen molar-refractivity contribution >= 4 is 44.5 Å². The van der Waals surface area contributed by atoms with E-state index in [9.17, 15) is 27.6 Å². The molecule has 3 saturated carbocycles. The van der Waals surface area contributed by atoms with Gasteiger partial charge < -0.3 is 14.4 Å². The Morgan fingerprint density at radius 2 is 1.76 bits per heavy atom. The SMILES string of the molecule is C=C[C@@H]1C[C@]1(CC(=O)[C@@H]1C[C@@H]2CN1C(=O)[C@H](C1CCCC1)CC(=O)OCCCCCCc1cc3c(cc(-c4ccccc4)nc3cc1C)O2)C(=O)NS(=O)(=O)C1CC1. The lowest BCUT2D eigenvalue weighted by atomic mass is 9.86. The van der Waals surface area contributed by atoms with Crippen LogP contribution in [0.1, 0.15) is 101 Å². The predicted molar refractivity (Wildman–Crippen MR) is 220 cm³/mol. The van der Waals surface area contributed by atoms with E-state index in [1.54, 1.807) is 11.0 Å². The van der Waals surface area contributed by atoms with Gasteiger partial charge in [0.05, 0.1) is 53.4 Å². The van der Waals surface area contributed by atoms with Crippen molar-refractivity contribution in [1.82, 2.24) is 14.6 Å². The Bertz CT molecular complexity index is 2200. The lowest BCUT2D eigenvalue weighted by Gasteiger charge is -2.31. The van der Waals surface area contributed by atoms with Crippen LogP contribution >= 0.6 is 0 Å². The molecule has 1 saturated heterocycles. The molecule has 5 aliphatic rings. The average Bonchev–Trinajstić information content (AvgIpc) is 4.08. The van der Waals surface area contributed by atoms with E-state index >= 15 is 0 Å². The number of ether oxygens (including phenoxy) is 2. The molecule has 3 aromatic rings. The van der Waals surface area contributed by atoms with Gasteiger partial charge in [-0.15, -0.1) is 6.58 Å². The molecule has 0 spiro atoms. The fourth-order valence-corrected chi connectivity index (χ4v) is 11.0. The first-order valence-corrected chi connectivity index (χ1v) is 22.8. The molecule has 1 aromatic heterocycles. The van der Waals surface area contributed by atoms with Gasteiger partial charge in [0.1, 0.15) is 11.9 Å². The summed E-state index contributed by atoms with van der Waals surface area (Å²) in [6.07, 6.45) is 10.2. The number of nitrogens with one attached hydrogen (secondary N) is 1. The number of rotatable bonds is 9. The zero-order valence-corrected chi connectivity index (χ0v) is 34.3. The number of hydrogen-bond acceptors (Lipinski definition) is 9. The van der Waals surface area contributed by atoms with Crippen LogP contribution in [0.3, 0.4) is 0 Å². The number of nitrogens with zero attached hydrogens (tertiary/aromatic N) is 2. The minimum absolute atomic E-state index is 0.0255. The molecule has 2 aromatic carbocycles. The fourth-order valence-electron chi connectivity index (χ4n) is 9.66. The lowest BCUT2D eigenvalue weighted by molar-refractivity contribution is -0.151. The van der Waals surface area contributed by atoms with Crippen molar-refractivity contribution in [3.63, 3.8) is 0 Å². The molecular weight excluding hydrogens is 755 g/mol. The quantitative estimate of drug-likeness (QED) is 0.175. The molecule has 11 nitrogen and oxygen atoms in total. The number of cyclic esters (lactones) is 1. The van der Waals surface area contributed by atoms with Crippen LogP contribution in [0.15, 0.2) is 61.2 Å². The van der Waals surface area contributed by atoms with Crippen LogP contribution in [0.2, 0.25) is 0 Å². The van der Waals surface area contributed by atoms with E-state index in [1.165, 1.54) is 5.56 Å². The molecule has 12 heteroatoms. The number of Topliss-reactive ketones (excluding diaryl/α,β-unsaturated/α-hetero) is 1. The van der Waals surface area contributed by atoms with Gasteiger partial charge in [0.25, 0.3) is 0 Å². The third-order valence-corrected chi connectivity index (χ3v) is 15.2. The minimum Gasteiger partial charge on any atom is -0.488 e. The third kappa shape index (κ3) is 8.44. The van der Waals surface area contributed by atoms with Crippen molar-refractivity contribution in [2.45, 2.75) is 121 Å². The second-order valence-electron chi connectivity index (χ2n) is 17.4. The van der Waals surface area contributed by atoms with E-state index in [4.69, 9.17) is 14.5 Å². The first-order valence-electron chi connectivity index (χ1n) is 21.3. The van der Waals surface area contributed by atoms with Gasteiger partial charge in [-0.2, -0.15) is 0 Å². The molecule has 4 bridgehead atoms. The number of aryl methyl sites for hydroxylation is 2. The molecule has 0 radical (unpaired) electrons. The summed E-state index contributed by atoms with van der Waals surface area (Å²) in [7, 11) is -3.85. The van der Waals surface area contributed by atoms with Crippen LogP contribution in [-0.2, 0) is 40.4 Å². The van der Waals surface area contributed by atoms with Crippen molar-refractivity contribution in [3.05, 3.63) is 72.3 Å². The maximum atomic E-state index is 14.9. The molecule has 2 amide bonds. The normalized spacial score (nSPS) is 27.3. The highest BCUT2D eigenvalue weighted by Gasteiger charge is 2.61. The Kier molecular flexibility index (Phi) is 11.5. The van der Waals surface area contributed by atoms with E-state index in [1.807, 2.05) is 36.4 Å². The van der Waals surface area contributed by atoms with E-state index < -0.39 is 50.6 Å². The standard InChI is InChI=1S/C46H55N3O8S/c1-3-33-26-46(33,45(53)48-58(54,55)35-18-19-35)27-41(50)40-23-34-28-49(40)44(52)36(30-13-10-11-14-30)24-43(51)56-20-12-5-4-7-17-32-22-37-39(21-29(32)2)47-38(25-42(37)57-34)31-15-8-6-9-16-31/h3,6,8-9,15-16,21-22,25,30,33-36,40H,1,4-5,7,10-14,17-20,23-24,26-28H2,2H3,(H,48,53)/t33-,34-,36+,40+,46-/m1/s1. The number of benzene rings is 2. The number of fused-ring (bicyclic) bond motifs is 3. The summed E-state index contributed by atoms with van der Waals surface area (Å²) in [6, 6.07) is 15.1. The summed E-state index contributed by atoms with van der Waals surface area (Å²) >= 11 is 0. The molecule has 3 aliphatic carbocycles. The molecule has 5 atom stereocenters. The van der Waals surface area contributed by atoms with Crippen molar-refractivity contribution in [2.75, 3.05) is 13.2 Å². The first-order chi connectivity index (χ1) is 28.0. The zero-order valence-electron chi connectivity index (χ0n) is 33.5. The van der Waals surface area contributed by atoms with Crippen LogP contribution < -0.4 is 9.46 Å². The highest BCUT2D eigenvalue weighted by Crippen LogP contribution is 2.57. The summed E-state index contributed by atoms with van der Waals surface area (Å²) in [5, 5.41) is 0.257. The Morgan fingerprint density at radius 3 is 2.48 bits per heavy atom. The monoisotopic (exact) mass is 809 g/mol. The maximum Gasteiger partial charge on any atom is 0.306 e. The lowest BCUT2D eigenvalue weighted by Crippen LogP contribution is -2.47. The van der Waals surface area contributed by atoms with Crippen LogP contribution in [0.5, 0.6) is 5.75 Å². The number of aromatic nitrogens is 1. The number of carbonyl (C=O) groups is 4. The number of allylic oxidation sites excluding steroid dienone is 1. The van der Waals surface area contributed by atoms with Gasteiger partial charge >= 0.3 is 5.97 Å². The number of amides is 2. The summed E-state index contributed by atoms with van der Waals surface area (Å²) in [6.45, 7) is 6.38. The Balaban J connectivity index is 1.16. The molecule has 1 N–H and O–H groups in total. The van der Waals surface area contributed by atoms with Crippen molar-refractivity contribution in [1.29, 1.82) is 0 Å². The molecule has 308 valence electrons. The second kappa shape index (κ2) is 16.6. The number of ketones is 1. The van der Waals surface area contributed by atoms with Gasteiger partial charge in [0, 0.05) is 29.9 Å². The highest BCUT2D eigenvalue weighted by molar-refractivity contribution is 7.90. The van der Waals surface area contributed by atoms with E-state index in [-0.39, 0.29) is 49.3 Å². The Morgan fingerprint density at radius 1 is 1.00 bits per heavy atom. The van der Waals surface area contributed by atoms with Crippen LogP contribution in [0, 0.1) is 30.1 Å². The molecule has 0 unspecified atom stereocenters. The molecule has 8 rings (SSSR count). The summed E-state index contributed by atoms with van der Waals surface area (Å²) in [5.41, 5.74) is 3.52. The number of carbonyl (C=O) groups excluding carboxylic acids is 4. The molecule has 2 aliphatic heterocycles. The second-order valence-corrected chi connectivity index (χ2v) is 19.4. The number of sulfonamides is 1.